The Hall–Kier alpha value is -1.96. The van der Waals surface area contributed by atoms with Crippen molar-refractivity contribution in [1.82, 2.24) is 0 Å². The van der Waals surface area contributed by atoms with E-state index in [-0.39, 0.29) is 18.0 Å². The van der Waals surface area contributed by atoms with Crippen LogP contribution in [0.1, 0.15) is 86.4 Å². The van der Waals surface area contributed by atoms with Crippen LogP contribution in [-0.2, 0) is 9.47 Å². The van der Waals surface area contributed by atoms with Crippen LogP contribution in [0.4, 0.5) is 0 Å². The van der Waals surface area contributed by atoms with Gasteiger partial charge in [0.2, 0.25) is 0 Å². The van der Waals surface area contributed by atoms with Gasteiger partial charge in [-0.3, -0.25) is 0 Å². The lowest BCUT2D eigenvalue weighted by atomic mass is 9.37. The summed E-state index contributed by atoms with van der Waals surface area (Å²) in [7, 11) is 0. The molecule has 0 radical (unpaired) electrons. The first-order valence-corrected chi connectivity index (χ1v) is 16.2. The number of esters is 2. The molecule has 41 heavy (non-hydrogen) atoms. The average Bonchev–Trinajstić information content (AvgIpc) is 3.25. The molecule has 6 atom stereocenters. The molecule has 4 aliphatic carbocycles. The lowest BCUT2D eigenvalue weighted by Gasteiger charge is -2.69. The molecule has 2 aromatic rings. The Labute approximate surface area is 259 Å². The summed E-state index contributed by atoms with van der Waals surface area (Å²) in [5.74, 6) is -0.504. The summed E-state index contributed by atoms with van der Waals surface area (Å²) >= 11 is 6.85. The summed E-state index contributed by atoms with van der Waals surface area (Å²) in [6.07, 6.45) is 9.57. The minimum absolute atomic E-state index is 0.0850. The monoisotopic (exact) mass is 684 g/mol. The highest BCUT2D eigenvalue weighted by atomic mass is 79.9. The lowest BCUT2D eigenvalue weighted by Crippen LogP contribution is -2.74. The van der Waals surface area contributed by atoms with Crippen LogP contribution in [0, 0.1) is 27.6 Å². The van der Waals surface area contributed by atoms with Crippen molar-refractivity contribution in [2.45, 2.75) is 77.4 Å². The second-order valence-corrected chi connectivity index (χ2v) is 15.7. The van der Waals surface area contributed by atoms with Crippen molar-refractivity contribution in [3.63, 3.8) is 0 Å². The van der Waals surface area contributed by atoms with Crippen molar-refractivity contribution in [3.8, 4) is 0 Å². The standard InChI is InChI=1S/C34H38Br2O5/c1-30(2)14-4-15-31(3)26(30)13-16-33-18-17-32(20-33,21-40-28(37)22-5-9-24(35)10-6-22)19-27(34(31,33)39)41-29(38)23-7-11-25(36)12-8-23/h5-12,17-18,26-27,39H,4,13-16,19-21H2,1-3H3. The van der Waals surface area contributed by atoms with E-state index in [4.69, 9.17) is 9.47 Å². The largest absolute Gasteiger partial charge is 0.461 e. The molecule has 1 spiro atoms. The molecular weight excluding hydrogens is 648 g/mol. The molecule has 0 aromatic heterocycles. The molecule has 0 aliphatic heterocycles. The normalized spacial score (nSPS) is 36.6. The maximum Gasteiger partial charge on any atom is 0.338 e. The second kappa shape index (κ2) is 10.1. The molecule has 218 valence electrons. The highest BCUT2D eigenvalue weighted by Crippen LogP contribution is 2.73. The van der Waals surface area contributed by atoms with Crippen LogP contribution in [0.25, 0.3) is 0 Å². The van der Waals surface area contributed by atoms with Crippen molar-refractivity contribution in [1.29, 1.82) is 0 Å². The van der Waals surface area contributed by atoms with Crippen LogP contribution in [0.15, 0.2) is 69.6 Å². The van der Waals surface area contributed by atoms with Crippen molar-refractivity contribution in [2.24, 2.45) is 27.6 Å². The smallest absolute Gasteiger partial charge is 0.338 e. The van der Waals surface area contributed by atoms with Gasteiger partial charge in [-0.2, -0.15) is 0 Å². The van der Waals surface area contributed by atoms with Crippen molar-refractivity contribution >= 4 is 43.8 Å². The Morgan fingerprint density at radius 3 is 2.12 bits per heavy atom. The molecule has 1 N–H and O–H groups in total. The summed E-state index contributed by atoms with van der Waals surface area (Å²) in [5, 5.41) is 13.2. The number of carbonyl (C=O) groups excluding carboxylic acids is 2. The van der Waals surface area contributed by atoms with Crippen LogP contribution >= 0.6 is 31.9 Å². The number of rotatable bonds is 5. The summed E-state index contributed by atoms with van der Waals surface area (Å²) in [4.78, 5) is 26.6. The third kappa shape index (κ3) is 4.56. The molecule has 0 heterocycles. The summed E-state index contributed by atoms with van der Waals surface area (Å²) in [5.41, 5.74) is -1.71. The second-order valence-electron chi connectivity index (χ2n) is 13.8. The van der Waals surface area contributed by atoms with E-state index in [0.29, 0.717) is 29.9 Å². The van der Waals surface area contributed by atoms with Gasteiger partial charge in [-0.05, 0) is 98.4 Å². The Balaban J connectivity index is 1.35. The van der Waals surface area contributed by atoms with Gasteiger partial charge < -0.3 is 14.6 Å². The molecule has 3 saturated carbocycles. The Bertz CT molecular complexity index is 1380. The molecule has 6 unspecified atom stereocenters. The van der Waals surface area contributed by atoms with Crippen molar-refractivity contribution in [2.75, 3.05) is 6.61 Å². The van der Waals surface area contributed by atoms with Gasteiger partial charge in [-0.15, -0.1) is 0 Å². The minimum atomic E-state index is -1.24. The van der Waals surface area contributed by atoms with Crippen LogP contribution in [0.3, 0.4) is 0 Å². The van der Waals surface area contributed by atoms with Crippen LogP contribution in [0.2, 0.25) is 0 Å². The van der Waals surface area contributed by atoms with Gasteiger partial charge in [-0.1, -0.05) is 71.2 Å². The Morgan fingerprint density at radius 1 is 0.878 bits per heavy atom. The maximum atomic E-state index is 13.6. The molecule has 2 bridgehead atoms. The zero-order chi connectivity index (χ0) is 29.3. The number of hydrogen-bond acceptors (Lipinski definition) is 5. The third-order valence-corrected chi connectivity index (χ3v) is 12.2. The number of hydrogen-bond donors (Lipinski definition) is 1. The Morgan fingerprint density at radius 2 is 1.49 bits per heavy atom. The molecule has 2 aromatic carbocycles. The number of carbonyl (C=O) groups is 2. The Kier molecular flexibility index (Phi) is 7.14. The number of ether oxygens (including phenoxy) is 2. The van der Waals surface area contributed by atoms with E-state index in [1.54, 1.807) is 24.3 Å². The number of fused-ring (bicyclic) bond motifs is 3. The molecule has 0 amide bonds. The zero-order valence-electron chi connectivity index (χ0n) is 23.9. The van der Waals surface area contributed by atoms with Gasteiger partial charge in [0.05, 0.1) is 11.1 Å². The van der Waals surface area contributed by atoms with Gasteiger partial charge >= 0.3 is 11.9 Å². The van der Waals surface area contributed by atoms with Crippen molar-refractivity contribution < 1.29 is 24.2 Å². The van der Waals surface area contributed by atoms with E-state index in [1.807, 2.05) is 24.3 Å². The molecule has 7 heteroatoms. The number of aliphatic hydroxyl groups is 1. The van der Waals surface area contributed by atoms with E-state index < -0.39 is 33.9 Å². The molecule has 4 aliphatic rings. The number of halogens is 2. The highest BCUT2D eigenvalue weighted by molar-refractivity contribution is 9.10. The topological polar surface area (TPSA) is 72.8 Å². The first-order valence-electron chi connectivity index (χ1n) is 14.7. The first kappa shape index (κ1) is 29.1. The maximum absolute atomic E-state index is 13.6. The summed E-state index contributed by atoms with van der Waals surface area (Å²) in [6, 6.07) is 14.3. The quantitative estimate of drug-likeness (QED) is 0.253. The molecule has 0 saturated heterocycles. The van der Waals surface area contributed by atoms with Gasteiger partial charge in [0.15, 0.2) is 0 Å². The first-order chi connectivity index (χ1) is 19.3. The van der Waals surface area contributed by atoms with E-state index in [9.17, 15) is 14.7 Å². The zero-order valence-corrected chi connectivity index (χ0v) is 27.1. The molecular formula is C34H38Br2O5. The molecule has 3 fully saturated rings. The molecule has 6 rings (SSSR count). The van der Waals surface area contributed by atoms with Crippen LogP contribution in [-0.4, -0.2) is 35.4 Å². The van der Waals surface area contributed by atoms with Crippen LogP contribution < -0.4 is 0 Å². The fourth-order valence-electron chi connectivity index (χ4n) is 9.26. The fourth-order valence-corrected chi connectivity index (χ4v) is 9.79. The summed E-state index contributed by atoms with van der Waals surface area (Å²) < 4.78 is 14.1. The van der Waals surface area contributed by atoms with Crippen LogP contribution in [0.5, 0.6) is 0 Å². The lowest BCUT2D eigenvalue weighted by molar-refractivity contribution is -0.295. The van der Waals surface area contributed by atoms with Crippen molar-refractivity contribution in [3.05, 3.63) is 80.8 Å². The van der Waals surface area contributed by atoms with E-state index in [0.717, 1.165) is 41.0 Å². The van der Waals surface area contributed by atoms with Gasteiger partial charge in [0.1, 0.15) is 18.3 Å². The van der Waals surface area contributed by atoms with E-state index in [1.165, 1.54) is 0 Å². The minimum Gasteiger partial charge on any atom is -0.461 e. The van der Waals surface area contributed by atoms with E-state index >= 15 is 0 Å². The fraction of sp³-hybridized carbons (Fsp3) is 0.529. The SMILES string of the molecule is CC1(C)CCCC2(C)C1CCC13C=CC(COC(=O)c4ccc(Br)cc4)(CC(OC(=O)c4ccc(Br)cc4)C12O)C3. The highest BCUT2D eigenvalue weighted by Gasteiger charge is 2.75. The van der Waals surface area contributed by atoms with Gasteiger partial charge in [0.25, 0.3) is 0 Å². The summed E-state index contributed by atoms with van der Waals surface area (Å²) in [6.45, 7) is 7.08. The third-order valence-electron chi connectivity index (χ3n) is 11.1. The predicted octanol–water partition coefficient (Wildman–Crippen LogP) is 8.29. The molecule has 5 nitrogen and oxygen atoms in total. The van der Waals surface area contributed by atoms with Gasteiger partial charge in [0, 0.05) is 25.2 Å². The number of benzene rings is 2. The average molecular weight is 686 g/mol. The van der Waals surface area contributed by atoms with Gasteiger partial charge in [-0.25, -0.2) is 9.59 Å². The van der Waals surface area contributed by atoms with E-state index in [2.05, 4.69) is 64.8 Å². The predicted molar refractivity (Wildman–Crippen MR) is 164 cm³/mol.